The third-order valence-corrected chi connectivity index (χ3v) is 6.89. The third kappa shape index (κ3) is 7.90. The van der Waals surface area contributed by atoms with Gasteiger partial charge in [0.25, 0.3) is 0 Å². The first kappa shape index (κ1) is 29.4. The molecule has 3 aromatic rings. The fourth-order valence-electron chi connectivity index (χ4n) is 4.29. The van der Waals surface area contributed by atoms with E-state index < -0.39 is 47.9 Å². The molecule has 0 spiro atoms. The van der Waals surface area contributed by atoms with Gasteiger partial charge < -0.3 is 31.8 Å². The van der Waals surface area contributed by atoms with E-state index in [1.54, 1.807) is 6.20 Å². The molecule has 208 valence electrons. The molecule has 0 bridgehead atoms. The number of aromatic amines is 1. The van der Waals surface area contributed by atoms with Crippen LogP contribution in [0, 0.1) is 5.92 Å². The van der Waals surface area contributed by atoms with Crippen molar-refractivity contribution in [3.63, 3.8) is 0 Å². The smallest absolute Gasteiger partial charge is 0.325 e. The van der Waals surface area contributed by atoms with Gasteiger partial charge >= 0.3 is 5.97 Å². The molecule has 3 amide bonds. The number of amides is 3. The van der Waals surface area contributed by atoms with Crippen molar-refractivity contribution in [3.05, 3.63) is 71.9 Å². The van der Waals surface area contributed by atoms with Crippen LogP contribution in [0.4, 0.5) is 0 Å². The van der Waals surface area contributed by atoms with Gasteiger partial charge in [0.2, 0.25) is 17.7 Å². The largest absolute Gasteiger partial charge is 0.480 e. The highest BCUT2D eigenvalue weighted by molar-refractivity contribution is 5.95. The van der Waals surface area contributed by atoms with Crippen LogP contribution in [0.15, 0.2) is 60.8 Å². The topological polar surface area (TPSA) is 166 Å². The van der Waals surface area contributed by atoms with Crippen LogP contribution in [-0.4, -0.2) is 57.9 Å². The average Bonchev–Trinajstić information content (AvgIpc) is 3.33. The summed E-state index contributed by atoms with van der Waals surface area (Å²) in [7, 11) is 0. The molecule has 0 aliphatic rings. The molecule has 0 saturated heterocycles. The number of nitrogens with one attached hydrogen (secondary N) is 4. The van der Waals surface area contributed by atoms with Crippen molar-refractivity contribution >= 4 is 34.6 Å². The highest BCUT2D eigenvalue weighted by atomic mass is 16.4. The number of carboxylic acids is 1. The summed E-state index contributed by atoms with van der Waals surface area (Å²) in [6.45, 7) is 5.07. The lowest BCUT2D eigenvalue weighted by molar-refractivity contribution is -0.141. The van der Waals surface area contributed by atoms with Crippen molar-refractivity contribution in [1.82, 2.24) is 20.9 Å². The standard InChI is InChI=1S/C29H37N5O5/c1-4-17(2)25(34-26(35)22(30)14-19-10-6-5-7-11-19)28(37)33-24(27(36)32-18(3)29(38)39)15-20-16-31-23-13-9-8-12-21(20)23/h5-13,16-18,22,24-25,31H,4,14-15,30H2,1-3H3,(H,32,36)(H,33,37)(H,34,35)(H,38,39). The molecule has 7 N–H and O–H groups in total. The van der Waals surface area contributed by atoms with Crippen molar-refractivity contribution in [2.24, 2.45) is 11.7 Å². The first-order valence-corrected chi connectivity index (χ1v) is 13.1. The molecule has 0 fully saturated rings. The number of hydrogen-bond acceptors (Lipinski definition) is 5. The summed E-state index contributed by atoms with van der Waals surface area (Å²) in [5, 5.41) is 18.1. The molecule has 10 nitrogen and oxygen atoms in total. The summed E-state index contributed by atoms with van der Waals surface area (Å²) >= 11 is 0. The second-order valence-electron chi connectivity index (χ2n) is 9.86. The summed E-state index contributed by atoms with van der Waals surface area (Å²) in [5.41, 5.74) is 8.69. The molecule has 2 aromatic carbocycles. The molecule has 5 atom stereocenters. The molecule has 39 heavy (non-hydrogen) atoms. The summed E-state index contributed by atoms with van der Waals surface area (Å²) in [4.78, 5) is 54.1. The molecule has 1 aromatic heterocycles. The van der Waals surface area contributed by atoms with Gasteiger partial charge in [-0.25, -0.2) is 0 Å². The Kier molecular flexibility index (Phi) is 10.2. The number of aliphatic carboxylic acids is 1. The highest BCUT2D eigenvalue weighted by Crippen LogP contribution is 2.19. The number of nitrogens with two attached hydrogens (primary N) is 1. The van der Waals surface area contributed by atoms with E-state index in [-0.39, 0.29) is 12.3 Å². The number of carboxylic acid groups (broad SMARTS) is 1. The number of H-pyrrole nitrogens is 1. The molecular formula is C29H37N5O5. The summed E-state index contributed by atoms with van der Waals surface area (Å²) in [6.07, 6.45) is 2.76. The molecule has 5 unspecified atom stereocenters. The van der Waals surface area contributed by atoms with Crippen LogP contribution in [0.25, 0.3) is 10.9 Å². The molecule has 0 radical (unpaired) electrons. The second-order valence-corrected chi connectivity index (χ2v) is 9.86. The summed E-state index contributed by atoms with van der Waals surface area (Å²) in [5.74, 6) is -3.12. The number of rotatable bonds is 13. The van der Waals surface area contributed by atoms with Gasteiger partial charge in [-0.15, -0.1) is 0 Å². The molecular weight excluding hydrogens is 498 g/mol. The maximum Gasteiger partial charge on any atom is 0.325 e. The normalized spacial score (nSPS) is 15.0. The van der Waals surface area contributed by atoms with Crippen LogP contribution in [-0.2, 0) is 32.0 Å². The van der Waals surface area contributed by atoms with Crippen LogP contribution in [0.3, 0.4) is 0 Å². The van der Waals surface area contributed by atoms with Gasteiger partial charge in [0.15, 0.2) is 0 Å². The Morgan fingerprint density at radius 1 is 0.872 bits per heavy atom. The van der Waals surface area contributed by atoms with Gasteiger partial charge in [0.1, 0.15) is 18.1 Å². The Morgan fingerprint density at radius 3 is 2.21 bits per heavy atom. The van der Waals surface area contributed by atoms with Gasteiger partial charge in [-0.3, -0.25) is 19.2 Å². The fourth-order valence-corrected chi connectivity index (χ4v) is 4.29. The minimum Gasteiger partial charge on any atom is -0.480 e. The molecule has 0 aliphatic heterocycles. The molecule has 1 heterocycles. The van der Waals surface area contributed by atoms with Gasteiger partial charge in [0, 0.05) is 23.5 Å². The summed E-state index contributed by atoms with van der Waals surface area (Å²) in [6, 6.07) is 12.8. The number of benzene rings is 2. The third-order valence-electron chi connectivity index (χ3n) is 6.89. The monoisotopic (exact) mass is 535 g/mol. The Hall–Kier alpha value is -4.18. The Morgan fingerprint density at radius 2 is 1.54 bits per heavy atom. The van der Waals surface area contributed by atoms with E-state index >= 15 is 0 Å². The van der Waals surface area contributed by atoms with Crippen LogP contribution in [0.1, 0.15) is 38.3 Å². The molecule has 0 aliphatic carbocycles. The van der Waals surface area contributed by atoms with E-state index in [4.69, 9.17) is 5.73 Å². The van der Waals surface area contributed by atoms with E-state index in [0.717, 1.165) is 22.0 Å². The maximum absolute atomic E-state index is 13.5. The highest BCUT2D eigenvalue weighted by Gasteiger charge is 2.32. The number of carbonyl (C=O) groups excluding carboxylic acids is 3. The SMILES string of the molecule is CCC(C)C(NC(=O)C(N)Cc1ccccc1)C(=O)NC(Cc1c[nH]c2ccccc12)C(=O)NC(C)C(=O)O. The van der Waals surface area contributed by atoms with Crippen molar-refractivity contribution in [3.8, 4) is 0 Å². The maximum atomic E-state index is 13.5. The van der Waals surface area contributed by atoms with Crippen LogP contribution in [0.5, 0.6) is 0 Å². The summed E-state index contributed by atoms with van der Waals surface area (Å²) < 4.78 is 0. The lowest BCUT2D eigenvalue weighted by Gasteiger charge is -2.28. The van der Waals surface area contributed by atoms with Crippen molar-refractivity contribution in [1.29, 1.82) is 0 Å². The van der Waals surface area contributed by atoms with E-state index in [2.05, 4.69) is 20.9 Å². The number of fused-ring (bicyclic) bond motifs is 1. The van der Waals surface area contributed by atoms with E-state index in [1.165, 1.54) is 6.92 Å². The number of carbonyl (C=O) groups is 4. The lowest BCUT2D eigenvalue weighted by Crippen LogP contribution is -2.59. The Labute approximate surface area is 227 Å². The Bertz CT molecular complexity index is 1290. The van der Waals surface area contributed by atoms with Crippen molar-refractivity contribution in [2.45, 2.75) is 64.2 Å². The first-order chi connectivity index (χ1) is 18.6. The molecule has 10 heteroatoms. The average molecular weight is 536 g/mol. The van der Waals surface area contributed by atoms with Gasteiger partial charge in [-0.1, -0.05) is 68.8 Å². The van der Waals surface area contributed by atoms with Crippen molar-refractivity contribution in [2.75, 3.05) is 0 Å². The van der Waals surface area contributed by atoms with Crippen LogP contribution >= 0.6 is 0 Å². The predicted octanol–water partition coefficient (Wildman–Crippen LogP) is 1.89. The minimum atomic E-state index is -1.20. The van der Waals surface area contributed by atoms with Gasteiger partial charge in [-0.2, -0.15) is 0 Å². The number of hydrogen-bond donors (Lipinski definition) is 6. The lowest BCUT2D eigenvalue weighted by atomic mass is 9.96. The van der Waals surface area contributed by atoms with E-state index in [9.17, 15) is 24.3 Å². The quantitative estimate of drug-likeness (QED) is 0.195. The van der Waals surface area contributed by atoms with Gasteiger partial charge in [-0.05, 0) is 36.5 Å². The Balaban J connectivity index is 1.79. The predicted molar refractivity (Wildman–Crippen MR) is 149 cm³/mol. The zero-order chi connectivity index (χ0) is 28.5. The first-order valence-electron chi connectivity index (χ1n) is 13.1. The fraction of sp³-hybridized carbons (Fsp3) is 0.379. The van der Waals surface area contributed by atoms with Crippen LogP contribution in [0.2, 0.25) is 0 Å². The van der Waals surface area contributed by atoms with E-state index in [0.29, 0.717) is 12.8 Å². The molecule has 3 rings (SSSR count). The van der Waals surface area contributed by atoms with Crippen LogP contribution < -0.4 is 21.7 Å². The zero-order valence-electron chi connectivity index (χ0n) is 22.4. The van der Waals surface area contributed by atoms with Gasteiger partial charge in [0.05, 0.1) is 6.04 Å². The minimum absolute atomic E-state index is 0.114. The van der Waals surface area contributed by atoms with Crippen molar-refractivity contribution < 1.29 is 24.3 Å². The second kappa shape index (κ2) is 13.6. The van der Waals surface area contributed by atoms with E-state index in [1.807, 2.05) is 68.4 Å². The molecule has 0 saturated carbocycles. The number of para-hydroxylation sites is 1. The zero-order valence-corrected chi connectivity index (χ0v) is 22.4. The number of aromatic nitrogens is 1.